The molecule has 0 atom stereocenters. The van der Waals surface area contributed by atoms with E-state index in [2.05, 4.69) is 92.3 Å². The minimum Gasteiger partial charge on any atom is -0.455 e. The summed E-state index contributed by atoms with van der Waals surface area (Å²) in [6, 6.07) is 22.8. The summed E-state index contributed by atoms with van der Waals surface area (Å²) in [6.07, 6.45) is 7.28. The van der Waals surface area contributed by atoms with E-state index >= 15 is 0 Å². The lowest BCUT2D eigenvalue weighted by molar-refractivity contribution is -0.660. The van der Waals surface area contributed by atoms with Gasteiger partial charge in [-0.25, -0.2) is 4.57 Å². The molecule has 2 aliphatic carbocycles. The van der Waals surface area contributed by atoms with E-state index in [4.69, 9.17) is 4.42 Å². The Morgan fingerprint density at radius 1 is 0.818 bits per heavy atom. The first-order valence-corrected chi connectivity index (χ1v) is 12.1. The van der Waals surface area contributed by atoms with Crippen molar-refractivity contribution in [3.63, 3.8) is 0 Å². The Bertz CT molecular complexity index is 1600. The van der Waals surface area contributed by atoms with Gasteiger partial charge in [-0.2, -0.15) is 0 Å². The normalized spacial score (nSPS) is 16.1. The van der Waals surface area contributed by atoms with Crippen LogP contribution in [-0.2, 0) is 12.5 Å². The van der Waals surface area contributed by atoms with E-state index in [0.717, 1.165) is 11.2 Å². The summed E-state index contributed by atoms with van der Waals surface area (Å²) in [5.74, 6) is 0. The Hall–Kier alpha value is -3.39. The summed E-state index contributed by atoms with van der Waals surface area (Å²) < 4.78 is 8.93. The third-order valence-corrected chi connectivity index (χ3v) is 8.23. The van der Waals surface area contributed by atoms with Gasteiger partial charge in [0.15, 0.2) is 6.20 Å². The van der Waals surface area contributed by atoms with Crippen molar-refractivity contribution in [1.82, 2.24) is 0 Å². The minimum absolute atomic E-state index is 0.168. The van der Waals surface area contributed by atoms with Crippen LogP contribution in [0.25, 0.3) is 44.3 Å². The first kappa shape index (κ1) is 19.1. The van der Waals surface area contributed by atoms with Gasteiger partial charge in [0.25, 0.3) is 0 Å². The average Bonchev–Trinajstić information content (AvgIpc) is 3.50. The monoisotopic (exact) mass is 430 g/mol. The number of pyridine rings is 1. The summed E-state index contributed by atoms with van der Waals surface area (Å²) in [5.41, 5.74) is 12.9. The van der Waals surface area contributed by atoms with E-state index in [9.17, 15) is 0 Å². The van der Waals surface area contributed by atoms with E-state index in [0.29, 0.717) is 0 Å². The zero-order valence-electron chi connectivity index (χ0n) is 19.5. The zero-order chi connectivity index (χ0) is 22.3. The van der Waals surface area contributed by atoms with Crippen LogP contribution in [0.1, 0.15) is 47.9 Å². The molecule has 5 aromatic rings. The number of fused-ring (bicyclic) bond motifs is 8. The van der Waals surface area contributed by atoms with Gasteiger partial charge in [-0.1, -0.05) is 49.2 Å². The molecule has 7 rings (SSSR count). The second-order valence-electron chi connectivity index (χ2n) is 10.2. The number of aromatic nitrogens is 1. The van der Waals surface area contributed by atoms with E-state index in [-0.39, 0.29) is 5.41 Å². The molecule has 2 heterocycles. The largest absolute Gasteiger partial charge is 0.455 e. The highest BCUT2D eigenvalue weighted by atomic mass is 16.3. The Balaban J connectivity index is 1.55. The van der Waals surface area contributed by atoms with Crippen LogP contribution in [0, 0.1) is 13.8 Å². The molecule has 0 aliphatic heterocycles. The van der Waals surface area contributed by atoms with Crippen LogP contribution >= 0.6 is 0 Å². The maximum atomic E-state index is 6.72. The summed E-state index contributed by atoms with van der Waals surface area (Å²) >= 11 is 0. The summed E-state index contributed by atoms with van der Waals surface area (Å²) in [5, 5.41) is 2.43. The zero-order valence-corrected chi connectivity index (χ0v) is 19.5. The number of nitrogens with zero attached hydrogens (tertiary/aromatic N) is 1. The maximum Gasteiger partial charge on any atom is 0.216 e. The van der Waals surface area contributed by atoms with Crippen LogP contribution in [0.2, 0.25) is 0 Å². The van der Waals surface area contributed by atoms with Crippen LogP contribution in [-0.4, -0.2) is 0 Å². The van der Waals surface area contributed by atoms with Crippen molar-refractivity contribution < 1.29 is 8.98 Å². The van der Waals surface area contributed by atoms with Crippen LogP contribution in [0.4, 0.5) is 0 Å². The quantitative estimate of drug-likeness (QED) is 0.251. The van der Waals surface area contributed by atoms with E-state index < -0.39 is 0 Å². The average molecular weight is 431 g/mol. The Labute approximate surface area is 194 Å². The number of hydrogen-bond donors (Lipinski definition) is 0. The summed E-state index contributed by atoms with van der Waals surface area (Å²) in [6.45, 7) is 4.32. The molecule has 0 bridgehead atoms. The molecule has 2 heteroatoms. The molecule has 2 nitrogen and oxygen atoms in total. The number of rotatable bonds is 1. The molecule has 0 saturated heterocycles. The topological polar surface area (TPSA) is 17.0 Å². The Morgan fingerprint density at radius 3 is 2.45 bits per heavy atom. The van der Waals surface area contributed by atoms with Gasteiger partial charge in [0.05, 0.1) is 5.56 Å². The van der Waals surface area contributed by atoms with Gasteiger partial charge in [-0.3, -0.25) is 0 Å². The molecule has 0 N–H and O–H groups in total. The first-order valence-electron chi connectivity index (χ1n) is 12.1. The van der Waals surface area contributed by atoms with E-state index in [1.54, 1.807) is 0 Å². The fourth-order valence-corrected chi connectivity index (χ4v) is 6.72. The fraction of sp³-hybridized carbons (Fsp3) is 0.258. The maximum absolute atomic E-state index is 6.72. The third kappa shape index (κ3) is 2.47. The van der Waals surface area contributed by atoms with Crippen molar-refractivity contribution in [2.24, 2.45) is 7.05 Å². The molecule has 1 spiro atoms. The van der Waals surface area contributed by atoms with Crippen molar-refractivity contribution in [2.75, 3.05) is 0 Å². The molecule has 33 heavy (non-hydrogen) atoms. The molecule has 162 valence electrons. The van der Waals surface area contributed by atoms with E-state index in [1.165, 1.54) is 81.1 Å². The van der Waals surface area contributed by atoms with Gasteiger partial charge in [-0.05, 0) is 72.7 Å². The molecule has 0 amide bonds. The van der Waals surface area contributed by atoms with Crippen molar-refractivity contribution in [3.05, 3.63) is 89.1 Å². The van der Waals surface area contributed by atoms with Gasteiger partial charge in [0, 0.05) is 27.8 Å². The van der Waals surface area contributed by atoms with Crippen molar-refractivity contribution in [1.29, 1.82) is 0 Å². The van der Waals surface area contributed by atoms with Crippen molar-refractivity contribution in [2.45, 2.75) is 44.9 Å². The standard InChI is InChI=1S/C31H28NO/c1-19-10-13-27(32(3)18-19)29-20(2)11-12-22-24-16-23-21-8-4-5-9-25(21)31(14-6-7-15-31)26(23)17-28(24)33-30(22)29/h4-5,8-13,16-18H,6-7,14-15H2,1-3H3/q+1. The minimum atomic E-state index is 0.168. The molecule has 2 aromatic heterocycles. The van der Waals surface area contributed by atoms with Crippen molar-refractivity contribution >= 4 is 21.9 Å². The highest BCUT2D eigenvalue weighted by Crippen LogP contribution is 2.58. The fourth-order valence-electron chi connectivity index (χ4n) is 6.72. The van der Waals surface area contributed by atoms with Crippen LogP contribution in [0.3, 0.4) is 0 Å². The number of aryl methyl sites for hydroxylation is 3. The van der Waals surface area contributed by atoms with Gasteiger partial charge >= 0.3 is 0 Å². The molecule has 0 unspecified atom stereocenters. The highest BCUT2D eigenvalue weighted by molar-refractivity contribution is 6.11. The van der Waals surface area contributed by atoms with Crippen LogP contribution in [0.5, 0.6) is 0 Å². The number of hydrogen-bond acceptors (Lipinski definition) is 1. The molecule has 1 fully saturated rings. The SMILES string of the molecule is Cc1ccc(-c2c(C)ccc3c2oc2cc4c(cc23)-c2ccccc2C42CCCC2)[n+](C)c1. The van der Waals surface area contributed by atoms with Gasteiger partial charge in [-0.15, -0.1) is 0 Å². The lowest BCUT2D eigenvalue weighted by Gasteiger charge is -2.26. The van der Waals surface area contributed by atoms with Gasteiger partial charge < -0.3 is 4.42 Å². The molecule has 3 aromatic carbocycles. The molecule has 0 radical (unpaired) electrons. The lowest BCUT2D eigenvalue weighted by Crippen LogP contribution is -2.31. The smallest absolute Gasteiger partial charge is 0.216 e. The van der Waals surface area contributed by atoms with Crippen molar-refractivity contribution in [3.8, 4) is 22.4 Å². The second-order valence-corrected chi connectivity index (χ2v) is 10.2. The number of benzene rings is 3. The molecule has 2 aliphatic rings. The molecule has 1 saturated carbocycles. The molecular weight excluding hydrogens is 402 g/mol. The predicted octanol–water partition coefficient (Wildman–Crippen LogP) is 7.53. The Morgan fingerprint density at radius 2 is 1.64 bits per heavy atom. The van der Waals surface area contributed by atoms with Crippen LogP contribution < -0.4 is 4.57 Å². The van der Waals surface area contributed by atoms with Crippen LogP contribution in [0.15, 0.2) is 71.3 Å². The summed E-state index contributed by atoms with van der Waals surface area (Å²) in [4.78, 5) is 0. The third-order valence-electron chi connectivity index (χ3n) is 8.23. The predicted molar refractivity (Wildman–Crippen MR) is 134 cm³/mol. The Kier molecular flexibility index (Phi) is 3.81. The first-order chi connectivity index (χ1) is 16.1. The van der Waals surface area contributed by atoms with Gasteiger partial charge in [0.1, 0.15) is 18.2 Å². The summed E-state index contributed by atoms with van der Waals surface area (Å²) in [7, 11) is 2.12. The van der Waals surface area contributed by atoms with E-state index in [1.807, 2.05) is 0 Å². The lowest BCUT2D eigenvalue weighted by atomic mass is 9.77. The second kappa shape index (κ2) is 6.57. The molecular formula is C31H28NO+. The highest BCUT2D eigenvalue weighted by Gasteiger charge is 2.45. The number of furan rings is 1. The van der Waals surface area contributed by atoms with Gasteiger partial charge in [0.2, 0.25) is 5.69 Å².